The van der Waals surface area contributed by atoms with E-state index in [2.05, 4.69) is 0 Å². The van der Waals surface area contributed by atoms with Gasteiger partial charge in [-0.2, -0.15) is 17.5 Å². The predicted octanol–water partition coefficient (Wildman–Crippen LogP) is 1.77. The molecule has 0 saturated carbocycles. The first-order chi connectivity index (χ1) is 9.12. The Labute approximate surface area is 114 Å². The molecule has 1 fully saturated rings. The Morgan fingerprint density at radius 3 is 2.50 bits per heavy atom. The zero-order valence-corrected chi connectivity index (χ0v) is 11.5. The van der Waals surface area contributed by atoms with E-state index in [-0.39, 0.29) is 25.1 Å². The van der Waals surface area contributed by atoms with Crippen molar-refractivity contribution in [1.82, 2.24) is 4.31 Å². The minimum atomic E-state index is -4.60. The van der Waals surface area contributed by atoms with Gasteiger partial charge in [-0.05, 0) is 31.0 Å². The van der Waals surface area contributed by atoms with E-state index in [1.807, 2.05) is 0 Å². The number of rotatable bonds is 2. The molecule has 1 heterocycles. The largest absolute Gasteiger partial charge is 0.416 e. The molecule has 112 valence electrons. The molecule has 1 aromatic rings. The Hall–Kier alpha value is -1.12. The molecule has 0 radical (unpaired) electrons. The Balaban J connectivity index is 2.43. The second-order valence-corrected chi connectivity index (χ2v) is 6.72. The van der Waals surface area contributed by atoms with E-state index >= 15 is 0 Å². The van der Waals surface area contributed by atoms with E-state index in [9.17, 15) is 26.7 Å². The van der Waals surface area contributed by atoms with Crippen LogP contribution in [0.15, 0.2) is 23.1 Å². The maximum absolute atomic E-state index is 12.8. The summed E-state index contributed by atoms with van der Waals surface area (Å²) in [5, 5.41) is 9.35. The van der Waals surface area contributed by atoms with Gasteiger partial charge in [0.2, 0.25) is 10.0 Å². The van der Waals surface area contributed by atoms with E-state index in [1.54, 1.807) is 0 Å². The van der Waals surface area contributed by atoms with Gasteiger partial charge in [0.25, 0.3) is 0 Å². The summed E-state index contributed by atoms with van der Waals surface area (Å²) < 4.78 is 63.9. The van der Waals surface area contributed by atoms with Gasteiger partial charge in [0.05, 0.1) is 16.6 Å². The molecule has 1 aromatic carbocycles. The topological polar surface area (TPSA) is 57.6 Å². The molecule has 0 amide bonds. The van der Waals surface area contributed by atoms with Crippen LogP contribution in [-0.4, -0.2) is 37.0 Å². The lowest BCUT2D eigenvalue weighted by molar-refractivity contribution is -0.138. The third-order valence-corrected chi connectivity index (χ3v) is 5.14. The zero-order valence-electron chi connectivity index (χ0n) is 10.7. The van der Waals surface area contributed by atoms with Gasteiger partial charge in [-0.15, -0.1) is 0 Å². The lowest BCUT2D eigenvalue weighted by atomic mass is 10.1. The van der Waals surface area contributed by atoms with Crippen LogP contribution >= 0.6 is 0 Å². The molecule has 0 aliphatic carbocycles. The van der Waals surface area contributed by atoms with Crippen molar-refractivity contribution < 1.29 is 26.7 Å². The molecule has 1 N–H and O–H groups in total. The van der Waals surface area contributed by atoms with Gasteiger partial charge < -0.3 is 5.11 Å². The minimum absolute atomic E-state index is 0.0297. The lowest BCUT2D eigenvalue weighted by Gasteiger charge is -2.17. The van der Waals surface area contributed by atoms with Crippen molar-refractivity contribution in [3.05, 3.63) is 29.3 Å². The maximum atomic E-state index is 12.8. The highest BCUT2D eigenvalue weighted by Crippen LogP contribution is 2.34. The van der Waals surface area contributed by atoms with Crippen LogP contribution in [0.3, 0.4) is 0 Å². The summed E-state index contributed by atoms with van der Waals surface area (Å²) in [7, 11) is -4.00. The quantitative estimate of drug-likeness (QED) is 0.906. The lowest BCUT2D eigenvalue weighted by Crippen LogP contribution is -2.30. The Kier molecular flexibility index (Phi) is 3.83. The molecule has 1 atom stereocenters. The molecule has 2 rings (SSSR count). The summed E-state index contributed by atoms with van der Waals surface area (Å²) in [6, 6.07) is 2.95. The molecule has 0 aromatic heterocycles. The van der Waals surface area contributed by atoms with Crippen molar-refractivity contribution in [2.75, 3.05) is 13.1 Å². The van der Waals surface area contributed by atoms with Gasteiger partial charge >= 0.3 is 6.18 Å². The Morgan fingerprint density at radius 2 is 2.00 bits per heavy atom. The van der Waals surface area contributed by atoms with Gasteiger partial charge in [0, 0.05) is 13.1 Å². The van der Waals surface area contributed by atoms with Crippen LogP contribution in [0.1, 0.15) is 17.5 Å². The maximum Gasteiger partial charge on any atom is 0.416 e. The number of aliphatic hydroxyl groups excluding tert-OH is 1. The highest BCUT2D eigenvalue weighted by Gasteiger charge is 2.36. The van der Waals surface area contributed by atoms with E-state index in [0.717, 1.165) is 16.4 Å². The number of nitrogens with zero attached hydrogens (tertiary/aromatic N) is 1. The summed E-state index contributed by atoms with van der Waals surface area (Å²) >= 11 is 0. The van der Waals surface area contributed by atoms with E-state index in [0.29, 0.717) is 6.07 Å². The number of alkyl halides is 3. The van der Waals surface area contributed by atoms with Crippen molar-refractivity contribution in [3.8, 4) is 0 Å². The summed E-state index contributed by atoms with van der Waals surface area (Å²) in [6.07, 6.45) is -5.07. The SMILES string of the molecule is Cc1ccc(S(=O)(=O)N2CC[C@H](O)C2)cc1C(F)(F)F. The summed E-state index contributed by atoms with van der Waals surface area (Å²) in [5.74, 6) is 0. The average Bonchev–Trinajstić information content (AvgIpc) is 2.75. The number of benzene rings is 1. The number of hydrogen-bond acceptors (Lipinski definition) is 3. The zero-order chi connectivity index (χ0) is 15.1. The third-order valence-electron chi connectivity index (χ3n) is 3.28. The Morgan fingerprint density at radius 1 is 1.35 bits per heavy atom. The predicted molar refractivity (Wildman–Crippen MR) is 65.6 cm³/mol. The van der Waals surface area contributed by atoms with E-state index < -0.39 is 32.8 Å². The molecule has 8 heteroatoms. The van der Waals surface area contributed by atoms with Crippen LogP contribution in [0.2, 0.25) is 0 Å². The standard InChI is InChI=1S/C12H14F3NO3S/c1-8-2-3-10(6-11(8)12(13,14)15)20(18,19)16-5-4-9(17)7-16/h2-3,6,9,17H,4-5,7H2,1H3/t9-/m0/s1. The van der Waals surface area contributed by atoms with Crippen molar-refractivity contribution in [1.29, 1.82) is 0 Å². The number of halogens is 3. The fourth-order valence-electron chi connectivity index (χ4n) is 2.14. The van der Waals surface area contributed by atoms with Gasteiger partial charge in [-0.1, -0.05) is 6.07 Å². The normalized spacial score (nSPS) is 21.4. The molecule has 0 unspecified atom stereocenters. The van der Waals surface area contributed by atoms with Crippen LogP contribution in [0.4, 0.5) is 13.2 Å². The Bertz CT molecular complexity index is 613. The molecule has 20 heavy (non-hydrogen) atoms. The third kappa shape index (κ3) is 2.82. The first kappa shape index (κ1) is 15.3. The number of β-amino-alcohol motifs (C(OH)–C–C–N with tert-alkyl or cyclic N) is 1. The van der Waals surface area contributed by atoms with E-state index in [4.69, 9.17) is 0 Å². The molecule has 0 spiro atoms. The fraction of sp³-hybridized carbons (Fsp3) is 0.500. The average molecular weight is 309 g/mol. The molecule has 1 aliphatic rings. The molecule has 0 bridgehead atoms. The molecular weight excluding hydrogens is 295 g/mol. The van der Waals surface area contributed by atoms with Gasteiger partial charge in [0.15, 0.2) is 0 Å². The van der Waals surface area contributed by atoms with Crippen molar-refractivity contribution in [2.45, 2.75) is 30.5 Å². The fourth-order valence-corrected chi connectivity index (χ4v) is 3.66. The van der Waals surface area contributed by atoms with Crippen molar-refractivity contribution >= 4 is 10.0 Å². The molecule has 1 saturated heterocycles. The van der Waals surface area contributed by atoms with Crippen LogP contribution in [0.5, 0.6) is 0 Å². The first-order valence-electron chi connectivity index (χ1n) is 5.98. The highest BCUT2D eigenvalue weighted by atomic mass is 32.2. The van der Waals surface area contributed by atoms with Crippen molar-refractivity contribution in [2.24, 2.45) is 0 Å². The number of aryl methyl sites for hydroxylation is 1. The second-order valence-electron chi connectivity index (χ2n) is 4.78. The number of sulfonamides is 1. The van der Waals surface area contributed by atoms with Gasteiger partial charge in [-0.25, -0.2) is 8.42 Å². The summed E-state index contributed by atoms with van der Waals surface area (Å²) in [4.78, 5) is -0.399. The number of hydrogen-bond donors (Lipinski definition) is 1. The van der Waals surface area contributed by atoms with Crippen LogP contribution < -0.4 is 0 Å². The summed E-state index contributed by atoms with van der Waals surface area (Å²) in [5.41, 5.74) is -0.990. The van der Waals surface area contributed by atoms with Crippen LogP contribution in [-0.2, 0) is 16.2 Å². The monoisotopic (exact) mass is 309 g/mol. The van der Waals surface area contributed by atoms with Gasteiger partial charge in [-0.3, -0.25) is 0 Å². The molecular formula is C12H14F3NO3S. The van der Waals surface area contributed by atoms with E-state index in [1.165, 1.54) is 6.92 Å². The summed E-state index contributed by atoms with van der Waals surface area (Å²) in [6.45, 7) is 1.30. The smallest absolute Gasteiger partial charge is 0.392 e. The molecule has 1 aliphatic heterocycles. The first-order valence-corrected chi connectivity index (χ1v) is 7.42. The van der Waals surface area contributed by atoms with Crippen molar-refractivity contribution in [3.63, 3.8) is 0 Å². The van der Waals surface area contributed by atoms with Crippen LogP contribution in [0.25, 0.3) is 0 Å². The highest BCUT2D eigenvalue weighted by molar-refractivity contribution is 7.89. The second kappa shape index (κ2) is 5.01. The minimum Gasteiger partial charge on any atom is -0.392 e. The number of aliphatic hydroxyl groups is 1. The molecule has 4 nitrogen and oxygen atoms in total. The van der Waals surface area contributed by atoms with Gasteiger partial charge in [0.1, 0.15) is 0 Å². The van der Waals surface area contributed by atoms with Crippen LogP contribution in [0, 0.1) is 6.92 Å².